The summed E-state index contributed by atoms with van der Waals surface area (Å²) < 4.78 is 5.17. The highest BCUT2D eigenvalue weighted by Crippen LogP contribution is 2.25. The molecule has 4 heteroatoms. The number of thiazole rings is 1. The zero-order valence-electron chi connectivity index (χ0n) is 10.8. The maximum absolute atomic E-state index is 5.17. The molecule has 0 radical (unpaired) electrons. The summed E-state index contributed by atoms with van der Waals surface area (Å²) in [5, 5.41) is 6.66. The number of hydrogen-bond donors (Lipinski definition) is 1. The Morgan fingerprint density at radius 3 is 2.69 bits per heavy atom. The van der Waals surface area contributed by atoms with E-state index in [0.717, 1.165) is 18.8 Å². The zero-order valence-corrected chi connectivity index (χ0v) is 11.6. The molecule has 0 aliphatic carbocycles. The molecule has 0 aromatic carbocycles. The van der Waals surface area contributed by atoms with E-state index in [4.69, 9.17) is 4.74 Å². The van der Waals surface area contributed by atoms with Crippen LogP contribution >= 0.6 is 11.3 Å². The molecule has 0 aliphatic rings. The molecule has 1 aromatic rings. The number of hydrogen-bond acceptors (Lipinski definition) is 4. The summed E-state index contributed by atoms with van der Waals surface area (Å²) in [4.78, 5) is 4.62. The van der Waals surface area contributed by atoms with Gasteiger partial charge in [0.1, 0.15) is 0 Å². The largest absolute Gasteiger partial charge is 0.380 e. The Morgan fingerprint density at radius 2 is 2.19 bits per heavy atom. The predicted octanol–water partition coefficient (Wildman–Crippen LogP) is 2.57. The predicted molar refractivity (Wildman–Crippen MR) is 69.0 cm³/mol. The van der Waals surface area contributed by atoms with Crippen LogP contribution in [0.1, 0.15) is 38.4 Å². The molecular weight excluding hydrogens is 220 g/mol. The van der Waals surface area contributed by atoms with Crippen LogP contribution in [-0.4, -0.2) is 24.7 Å². The number of ether oxygens (including phenoxy) is 1. The van der Waals surface area contributed by atoms with Crippen molar-refractivity contribution >= 4 is 11.3 Å². The summed E-state index contributed by atoms with van der Waals surface area (Å²) in [5.74, 6) is 0. The topological polar surface area (TPSA) is 34.1 Å². The Balaban J connectivity index is 2.41. The Morgan fingerprint density at radius 1 is 1.50 bits per heavy atom. The summed E-state index contributed by atoms with van der Waals surface area (Å²) in [6.07, 6.45) is 0.251. The van der Waals surface area contributed by atoms with Crippen molar-refractivity contribution in [3.63, 3.8) is 0 Å². The number of rotatable bonds is 5. The van der Waals surface area contributed by atoms with Gasteiger partial charge in [0.2, 0.25) is 0 Å². The quantitative estimate of drug-likeness (QED) is 0.861. The van der Waals surface area contributed by atoms with E-state index in [1.165, 1.54) is 5.01 Å². The number of methoxy groups -OCH3 is 1. The van der Waals surface area contributed by atoms with Crippen LogP contribution in [0.2, 0.25) is 0 Å². The first-order valence-corrected chi connectivity index (χ1v) is 6.50. The molecule has 0 spiro atoms. The molecule has 1 heterocycles. The summed E-state index contributed by atoms with van der Waals surface area (Å²) in [5.41, 5.74) is 1.28. The van der Waals surface area contributed by atoms with E-state index in [1.807, 2.05) is 0 Å². The summed E-state index contributed by atoms with van der Waals surface area (Å²) in [6, 6.07) is 0. The van der Waals surface area contributed by atoms with Crippen LogP contribution in [0.3, 0.4) is 0 Å². The summed E-state index contributed by atoms with van der Waals surface area (Å²) >= 11 is 1.74. The highest BCUT2D eigenvalue weighted by molar-refractivity contribution is 7.09. The fraction of sp³-hybridized carbons (Fsp3) is 0.750. The van der Waals surface area contributed by atoms with Crippen LogP contribution in [0.5, 0.6) is 0 Å². The molecule has 1 unspecified atom stereocenters. The second-order valence-corrected chi connectivity index (χ2v) is 5.93. The Hall–Kier alpha value is -0.450. The molecule has 0 aliphatic heterocycles. The maximum atomic E-state index is 5.17. The molecule has 0 saturated carbocycles. The van der Waals surface area contributed by atoms with Gasteiger partial charge in [0.25, 0.3) is 0 Å². The van der Waals surface area contributed by atoms with E-state index in [2.05, 4.69) is 43.4 Å². The van der Waals surface area contributed by atoms with Gasteiger partial charge in [-0.2, -0.15) is 0 Å². The molecule has 1 rings (SSSR count). The molecule has 16 heavy (non-hydrogen) atoms. The lowest BCUT2D eigenvalue weighted by atomic mass is 9.98. The lowest BCUT2D eigenvalue weighted by molar-refractivity contribution is 0.117. The maximum Gasteiger partial charge on any atom is 0.0982 e. The van der Waals surface area contributed by atoms with Gasteiger partial charge in [0.15, 0.2) is 0 Å². The van der Waals surface area contributed by atoms with Gasteiger partial charge in [0.05, 0.1) is 16.8 Å². The SMILES string of the molecule is COC(C)CNCc1csc(C(C)(C)C)n1. The molecule has 92 valence electrons. The molecule has 1 aromatic heterocycles. The van der Waals surface area contributed by atoms with Crippen molar-refractivity contribution in [1.82, 2.24) is 10.3 Å². The summed E-state index contributed by atoms with van der Waals surface area (Å²) in [6.45, 7) is 10.3. The molecule has 0 bridgehead atoms. The van der Waals surface area contributed by atoms with E-state index in [0.29, 0.717) is 0 Å². The minimum absolute atomic E-state index is 0.155. The molecule has 3 nitrogen and oxygen atoms in total. The number of aromatic nitrogens is 1. The Kier molecular flexibility index (Phi) is 4.89. The minimum atomic E-state index is 0.155. The van der Waals surface area contributed by atoms with Crippen molar-refractivity contribution in [3.05, 3.63) is 16.1 Å². The Labute approximate surface area is 102 Å². The monoisotopic (exact) mass is 242 g/mol. The molecular formula is C12H22N2OS. The van der Waals surface area contributed by atoms with Crippen molar-refractivity contribution in [2.45, 2.75) is 45.8 Å². The van der Waals surface area contributed by atoms with Gasteiger partial charge in [-0.1, -0.05) is 20.8 Å². The first kappa shape index (κ1) is 13.6. The van der Waals surface area contributed by atoms with Crippen LogP contribution in [0.4, 0.5) is 0 Å². The average molecular weight is 242 g/mol. The standard InChI is InChI=1S/C12H22N2OS/c1-9(15-5)6-13-7-10-8-16-11(14-10)12(2,3)4/h8-9,13H,6-7H2,1-5H3. The first-order chi connectivity index (χ1) is 7.43. The van der Waals surface area contributed by atoms with Gasteiger partial charge in [-0.05, 0) is 6.92 Å². The van der Waals surface area contributed by atoms with Gasteiger partial charge < -0.3 is 10.1 Å². The van der Waals surface area contributed by atoms with Gasteiger partial charge in [0, 0.05) is 31.0 Å². The molecule has 0 saturated heterocycles. The third-order valence-electron chi connectivity index (χ3n) is 2.33. The molecule has 1 atom stereocenters. The van der Waals surface area contributed by atoms with Crippen LogP contribution in [0.15, 0.2) is 5.38 Å². The van der Waals surface area contributed by atoms with Gasteiger partial charge in [-0.25, -0.2) is 4.98 Å². The third kappa shape index (κ3) is 4.20. The average Bonchev–Trinajstić information content (AvgIpc) is 2.65. The van der Waals surface area contributed by atoms with Crippen molar-refractivity contribution in [1.29, 1.82) is 0 Å². The third-order valence-corrected chi connectivity index (χ3v) is 3.65. The Bertz CT molecular complexity index is 317. The second-order valence-electron chi connectivity index (χ2n) is 5.07. The fourth-order valence-electron chi connectivity index (χ4n) is 1.22. The van der Waals surface area contributed by atoms with Crippen LogP contribution < -0.4 is 5.32 Å². The van der Waals surface area contributed by atoms with Crippen molar-refractivity contribution in [3.8, 4) is 0 Å². The van der Waals surface area contributed by atoms with Crippen LogP contribution in [0, 0.1) is 0 Å². The lowest BCUT2D eigenvalue weighted by Crippen LogP contribution is -2.25. The van der Waals surface area contributed by atoms with E-state index in [9.17, 15) is 0 Å². The summed E-state index contributed by atoms with van der Waals surface area (Å²) in [7, 11) is 1.73. The highest BCUT2D eigenvalue weighted by atomic mass is 32.1. The fourth-order valence-corrected chi connectivity index (χ4v) is 2.13. The van der Waals surface area contributed by atoms with Crippen molar-refractivity contribution in [2.24, 2.45) is 0 Å². The first-order valence-electron chi connectivity index (χ1n) is 5.62. The second kappa shape index (κ2) is 5.75. The molecule has 1 N–H and O–H groups in total. The smallest absolute Gasteiger partial charge is 0.0982 e. The van der Waals surface area contributed by atoms with Crippen molar-refractivity contribution in [2.75, 3.05) is 13.7 Å². The van der Waals surface area contributed by atoms with E-state index < -0.39 is 0 Å². The van der Waals surface area contributed by atoms with Gasteiger partial charge in [-0.15, -0.1) is 11.3 Å². The van der Waals surface area contributed by atoms with Gasteiger partial charge in [-0.3, -0.25) is 0 Å². The van der Waals surface area contributed by atoms with Crippen LogP contribution in [0.25, 0.3) is 0 Å². The molecule has 0 amide bonds. The van der Waals surface area contributed by atoms with Crippen molar-refractivity contribution < 1.29 is 4.74 Å². The normalized spacial score (nSPS) is 14.1. The van der Waals surface area contributed by atoms with E-state index in [-0.39, 0.29) is 11.5 Å². The molecule has 0 fully saturated rings. The number of nitrogens with zero attached hydrogens (tertiary/aromatic N) is 1. The number of nitrogens with one attached hydrogen (secondary N) is 1. The minimum Gasteiger partial charge on any atom is -0.380 e. The highest BCUT2D eigenvalue weighted by Gasteiger charge is 2.17. The van der Waals surface area contributed by atoms with Crippen LogP contribution in [-0.2, 0) is 16.7 Å². The van der Waals surface area contributed by atoms with E-state index >= 15 is 0 Å². The van der Waals surface area contributed by atoms with Gasteiger partial charge >= 0.3 is 0 Å². The lowest BCUT2D eigenvalue weighted by Gasteiger charge is -2.13. The zero-order chi connectivity index (χ0) is 12.2. The van der Waals surface area contributed by atoms with E-state index in [1.54, 1.807) is 18.4 Å².